The van der Waals surface area contributed by atoms with Gasteiger partial charge in [-0.1, -0.05) is 0 Å². The van der Waals surface area contributed by atoms with E-state index in [0.29, 0.717) is 13.2 Å². The summed E-state index contributed by atoms with van der Waals surface area (Å²) >= 11 is 0. The van der Waals surface area contributed by atoms with E-state index in [9.17, 15) is 8.42 Å². The second kappa shape index (κ2) is 7.61. The van der Waals surface area contributed by atoms with Crippen molar-refractivity contribution >= 4 is 10.0 Å². The fraction of sp³-hybridized carbons (Fsp3) is 0.526. The summed E-state index contributed by atoms with van der Waals surface area (Å²) in [7, 11) is 1.48. The molecular weight excluding hydrogens is 366 g/mol. The highest BCUT2D eigenvalue weighted by atomic mass is 32.2. The molecule has 7 nitrogen and oxygen atoms in total. The van der Waals surface area contributed by atoms with E-state index in [1.54, 1.807) is 27.4 Å². The number of hydrogen-bond acceptors (Lipinski definition) is 5. The SMILES string of the molecule is COc1cc(C)c(-c2nccn2[C@@H]2COC[C@H]2CS(=O)(=O)N(C)C)cc1C. The normalized spacial score (nSPS) is 20.4. The minimum absolute atomic E-state index is 0.0584. The first-order valence-electron chi connectivity index (χ1n) is 8.91. The molecule has 0 radical (unpaired) electrons. The first-order valence-corrected chi connectivity index (χ1v) is 10.5. The number of methoxy groups -OCH3 is 1. The lowest BCUT2D eigenvalue weighted by Gasteiger charge is -2.23. The van der Waals surface area contributed by atoms with E-state index in [4.69, 9.17) is 9.47 Å². The van der Waals surface area contributed by atoms with Crippen molar-refractivity contribution in [2.45, 2.75) is 19.9 Å². The van der Waals surface area contributed by atoms with Crippen LogP contribution in [0.1, 0.15) is 17.2 Å². The molecule has 1 saturated heterocycles. The van der Waals surface area contributed by atoms with Crippen LogP contribution in [0.3, 0.4) is 0 Å². The Morgan fingerprint density at radius 3 is 2.67 bits per heavy atom. The van der Waals surface area contributed by atoms with Crippen LogP contribution in [-0.2, 0) is 14.8 Å². The Morgan fingerprint density at radius 2 is 2.00 bits per heavy atom. The number of rotatable bonds is 6. The molecule has 0 bridgehead atoms. The molecule has 1 fully saturated rings. The second-order valence-electron chi connectivity index (χ2n) is 7.22. The van der Waals surface area contributed by atoms with E-state index in [2.05, 4.69) is 15.6 Å². The van der Waals surface area contributed by atoms with E-state index >= 15 is 0 Å². The standard InChI is InChI=1S/C19H27N3O4S/c1-13-9-18(25-5)14(2)8-16(13)19-20-6-7-22(19)17-11-26-10-15(17)12-27(23,24)21(3)4/h6-9,15,17H,10-12H2,1-5H3/t15-,17+/m0/s1. The molecule has 3 rings (SSSR count). The van der Waals surface area contributed by atoms with Crippen LogP contribution >= 0.6 is 0 Å². The van der Waals surface area contributed by atoms with Crippen LogP contribution in [0.2, 0.25) is 0 Å². The smallest absolute Gasteiger partial charge is 0.214 e. The maximum absolute atomic E-state index is 12.4. The van der Waals surface area contributed by atoms with E-state index in [0.717, 1.165) is 28.3 Å². The zero-order chi connectivity index (χ0) is 19.8. The number of ether oxygens (including phenoxy) is 2. The average molecular weight is 394 g/mol. The van der Waals surface area contributed by atoms with Gasteiger partial charge in [0.1, 0.15) is 11.6 Å². The number of benzene rings is 1. The molecule has 2 heterocycles. The van der Waals surface area contributed by atoms with Crippen LogP contribution in [0.15, 0.2) is 24.5 Å². The third-order valence-electron chi connectivity index (χ3n) is 5.15. The summed E-state index contributed by atoms with van der Waals surface area (Å²) in [5.74, 6) is 1.60. The van der Waals surface area contributed by atoms with Gasteiger partial charge >= 0.3 is 0 Å². The van der Waals surface area contributed by atoms with Crippen molar-refractivity contribution < 1.29 is 17.9 Å². The Labute approximate surface area is 161 Å². The predicted octanol–water partition coefficient (Wildman–Crippen LogP) is 2.25. The van der Waals surface area contributed by atoms with Gasteiger partial charge in [0.2, 0.25) is 10.0 Å². The van der Waals surface area contributed by atoms with Crippen molar-refractivity contribution in [2.24, 2.45) is 5.92 Å². The molecule has 0 amide bonds. The maximum atomic E-state index is 12.4. The summed E-state index contributed by atoms with van der Waals surface area (Å²) in [5, 5.41) is 0. The minimum Gasteiger partial charge on any atom is -0.496 e. The van der Waals surface area contributed by atoms with Gasteiger partial charge in [-0.3, -0.25) is 0 Å². The molecule has 0 spiro atoms. The number of hydrogen-bond donors (Lipinski definition) is 0. The Balaban J connectivity index is 1.96. The molecule has 0 aliphatic carbocycles. The molecular formula is C19H27N3O4S. The van der Waals surface area contributed by atoms with Crippen molar-refractivity contribution in [2.75, 3.05) is 40.2 Å². The van der Waals surface area contributed by atoms with Gasteiger partial charge in [0.15, 0.2) is 0 Å². The fourth-order valence-electron chi connectivity index (χ4n) is 3.51. The largest absolute Gasteiger partial charge is 0.496 e. The van der Waals surface area contributed by atoms with Gasteiger partial charge in [-0.15, -0.1) is 0 Å². The van der Waals surface area contributed by atoms with Crippen molar-refractivity contribution in [3.05, 3.63) is 35.7 Å². The fourth-order valence-corrected chi connectivity index (χ4v) is 4.67. The summed E-state index contributed by atoms with van der Waals surface area (Å²) < 4.78 is 39.1. The monoisotopic (exact) mass is 393 g/mol. The number of aromatic nitrogens is 2. The third kappa shape index (κ3) is 3.88. The van der Waals surface area contributed by atoms with Crippen molar-refractivity contribution in [3.63, 3.8) is 0 Å². The molecule has 148 valence electrons. The molecule has 2 aromatic rings. The summed E-state index contributed by atoms with van der Waals surface area (Å²) in [6.07, 6.45) is 3.66. The summed E-state index contributed by atoms with van der Waals surface area (Å²) in [4.78, 5) is 4.56. The topological polar surface area (TPSA) is 73.7 Å². The Morgan fingerprint density at radius 1 is 1.26 bits per heavy atom. The molecule has 8 heteroatoms. The summed E-state index contributed by atoms with van der Waals surface area (Å²) in [6.45, 7) is 4.93. The van der Waals surface area contributed by atoms with Gasteiger partial charge in [0, 0.05) is 38.0 Å². The van der Waals surface area contributed by atoms with Gasteiger partial charge in [0.25, 0.3) is 0 Å². The van der Waals surface area contributed by atoms with Gasteiger partial charge in [-0.05, 0) is 37.1 Å². The minimum atomic E-state index is -3.30. The maximum Gasteiger partial charge on any atom is 0.214 e. The Bertz CT molecular complexity index is 921. The van der Waals surface area contributed by atoms with Crippen LogP contribution in [0.4, 0.5) is 0 Å². The van der Waals surface area contributed by atoms with Crippen LogP contribution < -0.4 is 4.74 Å². The zero-order valence-electron chi connectivity index (χ0n) is 16.5. The first kappa shape index (κ1) is 19.9. The van der Waals surface area contributed by atoms with Crippen LogP contribution in [-0.4, -0.2) is 62.4 Å². The molecule has 0 unspecified atom stereocenters. The molecule has 0 saturated carbocycles. The van der Waals surface area contributed by atoms with Crippen molar-refractivity contribution in [1.29, 1.82) is 0 Å². The van der Waals surface area contributed by atoms with Crippen LogP contribution in [0.25, 0.3) is 11.4 Å². The van der Waals surface area contributed by atoms with Crippen molar-refractivity contribution in [3.8, 4) is 17.1 Å². The Kier molecular flexibility index (Phi) is 5.60. The highest BCUT2D eigenvalue weighted by Gasteiger charge is 2.35. The van der Waals surface area contributed by atoms with E-state index in [-0.39, 0.29) is 17.7 Å². The highest BCUT2D eigenvalue weighted by molar-refractivity contribution is 7.89. The molecule has 2 atom stereocenters. The molecule has 1 aromatic carbocycles. The Hall–Kier alpha value is -1.90. The number of sulfonamides is 1. The predicted molar refractivity (Wildman–Crippen MR) is 105 cm³/mol. The average Bonchev–Trinajstić information content (AvgIpc) is 3.24. The van der Waals surface area contributed by atoms with Crippen LogP contribution in [0, 0.1) is 19.8 Å². The quantitative estimate of drug-likeness (QED) is 0.753. The summed E-state index contributed by atoms with van der Waals surface area (Å²) in [6, 6.07) is 4.00. The number of nitrogens with zero attached hydrogens (tertiary/aromatic N) is 3. The number of imidazole rings is 1. The van der Waals surface area contributed by atoms with E-state index < -0.39 is 10.0 Å². The lowest BCUT2D eigenvalue weighted by Crippen LogP contribution is -2.32. The van der Waals surface area contributed by atoms with E-state index in [1.165, 1.54) is 4.31 Å². The van der Waals surface area contributed by atoms with Gasteiger partial charge in [-0.25, -0.2) is 17.7 Å². The van der Waals surface area contributed by atoms with Crippen LogP contribution in [0.5, 0.6) is 5.75 Å². The van der Waals surface area contributed by atoms with Gasteiger partial charge in [0.05, 0.1) is 32.1 Å². The molecule has 1 aliphatic heterocycles. The molecule has 1 aliphatic rings. The zero-order valence-corrected chi connectivity index (χ0v) is 17.3. The van der Waals surface area contributed by atoms with E-state index in [1.807, 2.05) is 26.1 Å². The lowest BCUT2D eigenvalue weighted by atomic mass is 10.0. The summed E-state index contributed by atoms with van der Waals surface area (Å²) in [5.41, 5.74) is 3.10. The van der Waals surface area contributed by atoms with Gasteiger partial charge < -0.3 is 14.0 Å². The molecule has 27 heavy (non-hydrogen) atoms. The molecule has 1 aromatic heterocycles. The first-order chi connectivity index (χ1) is 12.7. The lowest BCUT2D eigenvalue weighted by molar-refractivity contribution is 0.182. The number of aryl methyl sites for hydroxylation is 2. The second-order valence-corrected chi connectivity index (χ2v) is 9.45. The van der Waals surface area contributed by atoms with Crippen molar-refractivity contribution in [1.82, 2.24) is 13.9 Å². The van der Waals surface area contributed by atoms with Gasteiger partial charge in [-0.2, -0.15) is 0 Å². The highest BCUT2D eigenvalue weighted by Crippen LogP contribution is 2.34. The third-order valence-corrected chi connectivity index (χ3v) is 7.12. The molecule has 0 N–H and O–H groups in total.